The largest absolute Gasteiger partial charge is 1.00 e. The molecule has 0 aromatic carbocycles. The zero-order chi connectivity index (χ0) is 19.1. The molecule has 0 N–H and O–H groups in total. The molecule has 1 fully saturated rings. The van der Waals surface area contributed by atoms with Crippen LogP contribution in [0.25, 0.3) is 0 Å². The molecule has 152 valence electrons. The van der Waals surface area contributed by atoms with Crippen LogP contribution in [0.1, 0.15) is 84.0 Å². The van der Waals surface area contributed by atoms with Crippen molar-refractivity contribution in [2.45, 2.75) is 90.1 Å². The fourth-order valence-electron chi connectivity index (χ4n) is 2.74. The van der Waals surface area contributed by atoms with Crippen LogP contribution in [0.4, 0.5) is 0 Å². The molecule has 0 amide bonds. The quantitative estimate of drug-likeness (QED) is 0.134. The van der Waals surface area contributed by atoms with Crippen molar-refractivity contribution in [3.63, 3.8) is 0 Å². The van der Waals surface area contributed by atoms with E-state index in [1.807, 2.05) is 0 Å². The third-order valence-corrected chi connectivity index (χ3v) is 5.29. The van der Waals surface area contributed by atoms with Crippen LogP contribution in [0.3, 0.4) is 0 Å². The molecule has 8 heteroatoms. The minimum absolute atomic E-state index is 0. The average molecular weight is 412 g/mol. The van der Waals surface area contributed by atoms with Crippen molar-refractivity contribution in [1.29, 1.82) is 0 Å². The molecule has 27 heavy (non-hydrogen) atoms. The number of hydrogen-bond acceptors (Lipinski definition) is 6. The predicted octanol–water partition coefficient (Wildman–Crippen LogP) is 1.67. The number of carbonyl (C=O) groups excluding carboxylic acids is 1. The number of unbranched alkanes of at least 4 members (excludes halogenated alkanes) is 9. The molecule has 1 saturated heterocycles. The number of phosphoric ester groups is 1. The maximum atomic E-state index is 11.6. The Labute approximate surface area is 186 Å². The Hall–Kier alpha value is 0.320. The molecule has 0 aromatic heterocycles. The number of carbonyl (C=O) groups is 1. The molecule has 1 aliphatic heterocycles. The Morgan fingerprint density at radius 1 is 1.07 bits per heavy atom. The number of esters is 1. The molecule has 0 spiro atoms. The zero-order valence-corrected chi connectivity index (χ0v) is 19.9. The molecule has 0 aliphatic carbocycles. The van der Waals surface area contributed by atoms with Crippen LogP contribution >= 0.6 is 7.82 Å². The van der Waals surface area contributed by atoms with Gasteiger partial charge in [-0.1, -0.05) is 57.6 Å². The van der Waals surface area contributed by atoms with Crippen molar-refractivity contribution in [2.75, 3.05) is 13.2 Å². The molecule has 0 saturated carbocycles. The van der Waals surface area contributed by atoms with Crippen LogP contribution in [-0.2, 0) is 23.1 Å². The standard InChI is InChI=1S/C19H35O6P.Na/c1-2-3-4-5-6-7-8-9-10-11-12-13-14-15-19(20)23-16-18-17-24-26(21,22)25-18;/h7-8,18H,2-6,9-17H2,1H3,(H,21,22);/q;+1/p-1/b8-7+;. The smallest absolute Gasteiger partial charge is 0.756 e. The summed E-state index contributed by atoms with van der Waals surface area (Å²) >= 11 is 0. The fraction of sp³-hybridized carbons (Fsp3) is 0.842. The summed E-state index contributed by atoms with van der Waals surface area (Å²) < 4.78 is 25.0. The maximum absolute atomic E-state index is 11.6. The Morgan fingerprint density at radius 3 is 2.26 bits per heavy atom. The molecule has 6 nitrogen and oxygen atoms in total. The van der Waals surface area contributed by atoms with E-state index in [-0.39, 0.29) is 48.7 Å². The average Bonchev–Trinajstić information content (AvgIpc) is 2.96. The monoisotopic (exact) mass is 412 g/mol. The van der Waals surface area contributed by atoms with Gasteiger partial charge in [0.05, 0.1) is 6.61 Å². The Bertz CT molecular complexity index is 457. The van der Waals surface area contributed by atoms with E-state index in [0.29, 0.717) is 6.42 Å². The van der Waals surface area contributed by atoms with Crippen LogP contribution in [0.2, 0.25) is 0 Å². The first-order valence-electron chi connectivity index (χ1n) is 9.98. The number of hydrogen-bond donors (Lipinski definition) is 0. The summed E-state index contributed by atoms with van der Waals surface area (Å²) in [5, 5.41) is 0. The molecule has 1 heterocycles. The summed E-state index contributed by atoms with van der Waals surface area (Å²) in [6.45, 7) is 2.07. The Morgan fingerprint density at radius 2 is 1.67 bits per heavy atom. The Kier molecular flexibility index (Phi) is 17.4. The van der Waals surface area contributed by atoms with E-state index >= 15 is 0 Å². The second-order valence-corrected chi connectivity index (χ2v) is 8.14. The summed E-state index contributed by atoms with van der Waals surface area (Å²) in [6.07, 6.45) is 17.2. The molecule has 1 aliphatic rings. The van der Waals surface area contributed by atoms with E-state index in [2.05, 4.69) is 28.1 Å². The molecule has 0 aromatic rings. The predicted molar refractivity (Wildman–Crippen MR) is 99.6 cm³/mol. The second-order valence-electron chi connectivity index (χ2n) is 6.78. The van der Waals surface area contributed by atoms with Gasteiger partial charge in [-0.05, 0) is 32.1 Å². The third kappa shape index (κ3) is 15.9. The summed E-state index contributed by atoms with van der Waals surface area (Å²) in [7, 11) is -4.16. The molecular formula is C19H34NaO6P. The van der Waals surface area contributed by atoms with Crippen molar-refractivity contribution in [2.24, 2.45) is 0 Å². The topological polar surface area (TPSA) is 84.9 Å². The molecule has 0 radical (unpaired) electrons. The van der Waals surface area contributed by atoms with Crippen molar-refractivity contribution >= 4 is 13.8 Å². The van der Waals surface area contributed by atoms with Crippen molar-refractivity contribution in [3.05, 3.63) is 12.2 Å². The normalized spacial score (nSPS) is 22.1. The third-order valence-electron chi connectivity index (χ3n) is 4.27. The first kappa shape index (κ1) is 27.3. The Balaban J connectivity index is 0.00000676. The van der Waals surface area contributed by atoms with Gasteiger partial charge in [-0.2, -0.15) is 0 Å². The molecule has 2 atom stereocenters. The summed E-state index contributed by atoms with van der Waals surface area (Å²) in [5.41, 5.74) is 0. The van der Waals surface area contributed by atoms with Gasteiger partial charge >= 0.3 is 35.5 Å². The van der Waals surface area contributed by atoms with Crippen LogP contribution in [0.5, 0.6) is 0 Å². The number of ether oxygens (including phenoxy) is 1. The van der Waals surface area contributed by atoms with E-state index in [1.54, 1.807) is 0 Å². The number of allylic oxidation sites excluding steroid dienone is 2. The first-order chi connectivity index (χ1) is 12.5. The van der Waals surface area contributed by atoms with Gasteiger partial charge < -0.3 is 18.7 Å². The number of rotatable bonds is 15. The summed E-state index contributed by atoms with van der Waals surface area (Å²) in [6, 6.07) is 0. The van der Waals surface area contributed by atoms with E-state index < -0.39 is 13.9 Å². The van der Waals surface area contributed by atoms with Crippen LogP contribution in [0, 0.1) is 0 Å². The molecular weight excluding hydrogens is 378 g/mol. The summed E-state index contributed by atoms with van der Waals surface area (Å²) in [4.78, 5) is 22.5. The number of phosphoric acid groups is 1. The first-order valence-corrected chi connectivity index (χ1v) is 11.4. The van der Waals surface area contributed by atoms with E-state index in [1.165, 1.54) is 44.9 Å². The van der Waals surface area contributed by atoms with Gasteiger partial charge in [-0.15, -0.1) is 0 Å². The van der Waals surface area contributed by atoms with Gasteiger partial charge in [0.15, 0.2) is 0 Å². The minimum Gasteiger partial charge on any atom is -0.756 e. The van der Waals surface area contributed by atoms with Crippen LogP contribution in [0.15, 0.2) is 12.2 Å². The molecule has 2 unspecified atom stereocenters. The van der Waals surface area contributed by atoms with Gasteiger partial charge in [0.1, 0.15) is 12.7 Å². The van der Waals surface area contributed by atoms with Crippen molar-refractivity contribution < 1.29 is 57.6 Å². The zero-order valence-electron chi connectivity index (χ0n) is 17.0. The van der Waals surface area contributed by atoms with Gasteiger partial charge in [0, 0.05) is 6.42 Å². The van der Waals surface area contributed by atoms with Crippen LogP contribution < -0.4 is 34.5 Å². The van der Waals surface area contributed by atoms with Crippen molar-refractivity contribution in [3.8, 4) is 0 Å². The second kappa shape index (κ2) is 17.2. The SMILES string of the molecule is CCCCCC/C=C/CCCCCCCC(=O)OCC1COP(=O)([O-])O1.[Na+]. The van der Waals surface area contributed by atoms with Gasteiger partial charge in [0.25, 0.3) is 7.82 Å². The minimum atomic E-state index is -4.16. The van der Waals surface area contributed by atoms with Crippen molar-refractivity contribution in [1.82, 2.24) is 0 Å². The van der Waals surface area contributed by atoms with Gasteiger partial charge in [-0.3, -0.25) is 9.36 Å². The molecule has 0 bridgehead atoms. The molecule has 1 rings (SSSR count). The van der Waals surface area contributed by atoms with Crippen LogP contribution in [-0.4, -0.2) is 25.3 Å². The maximum Gasteiger partial charge on any atom is 1.00 e. The van der Waals surface area contributed by atoms with E-state index in [4.69, 9.17) is 4.74 Å². The summed E-state index contributed by atoms with van der Waals surface area (Å²) in [5.74, 6) is -0.313. The van der Waals surface area contributed by atoms with Gasteiger partial charge in [-0.25, -0.2) is 0 Å². The van der Waals surface area contributed by atoms with E-state index in [0.717, 1.165) is 25.7 Å². The van der Waals surface area contributed by atoms with Gasteiger partial charge in [0.2, 0.25) is 0 Å². The fourth-order valence-corrected chi connectivity index (χ4v) is 3.64. The van der Waals surface area contributed by atoms with E-state index in [9.17, 15) is 14.3 Å².